The van der Waals surface area contributed by atoms with Crippen LogP contribution in [0.1, 0.15) is 105 Å². The maximum Gasteiger partial charge on any atom is 0.146 e. The minimum atomic E-state index is -1.75. The Kier molecular flexibility index (Phi) is 9.95. The van der Waals surface area contributed by atoms with Crippen molar-refractivity contribution < 1.29 is 0 Å². The topological polar surface area (TPSA) is 0 Å². The highest BCUT2D eigenvalue weighted by molar-refractivity contribution is 6.91. The Hall–Kier alpha value is -1.75. The van der Waals surface area contributed by atoms with Gasteiger partial charge in [-0.15, -0.1) is 11.1 Å². The average molecular weight is 517 g/mol. The summed E-state index contributed by atoms with van der Waals surface area (Å²) in [6.45, 7) is 33.1. The number of rotatable bonds is 6. The first-order valence-corrected chi connectivity index (χ1v) is 18.7. The molecule has 0 amide bonds. The highest BCUT2D eigenvalue weighted by Gasteiger charge is 2.42. The predicted octanol–water partition coefficient (Wildman–Crippen LogP) is 10.6. The molecule has 0 radical (unpaired) electrons. The van der Waals surface area contributed by atoms with Gasteiger partial charge in [-0.3, -0.25) is 0 Å². The van der Waals surface area contributed by atoms with Crippen LogP contribution in [-0.2, 0) is 0 Å². The highest BCUT2D eigenvalue weighted by atomic mass is 28.3. The normalized spacial score (nSPS) is 12.7. The monoisotopic (exact) mass is 516 g/mol. The SMILES string of the molecule is Cc1c(C#C[Si](C(C)C)(C(C)C)C(C)C)ccc2c(C)c(C#C[Si](C(C)C)(C(C)C)C(C)C)ccc12. The van der Waals surface area contributed by atoms with Gasteiger partial charge in [-0.25, -0.2) is 0 Å². The van der Waals surface area contributed by atoms with Crippen LogP contribution >= 0.6 is 0 Å². The zero-order chi connectivity index (χ0) is 27.6. The fourth-order valence-electron chi connectivity index (χ4n) is 7.20. The molecule has 196 valence electrons. The zero-order valence-electron chi connectivity index (χ0n) is 25.8. The van der Waals surface area contributed by atoms with Gasteiger partial charge in [0, 0.05) is 11.1 Å². The quantitative estimate of drug-likeness (QED) is 0.264. The molecule has 0 aliphatic rings. The number of aryl methyl sites for hydroxylation is 2. The van der Waals surface area contributed by atoms with Crippen LogP contribution in [0.3, 0.4) is 0 Å². The molecule has 0 heterocycles. The van der Waals surface area contributed by atoms with E-state index in [1.165, 1.54) is 33.0 Å². The van der Waals surface area contributed by atoms with E-state index < -0.39 is 16.1 Å². The molecule has 2 rings (SSSR count). The third kappa shape index (κ3) is 5.42. The second kappa shape index (κ2) is 11.8. The first kappa shape index (κ1) is 30.5. The third-order valence-corrected chi connectivity index (χ3v) is 21.9. The summed E-state index contributed by atoms with van der Waals surface area (Å²) < 4.78 is 0. The van der Waals surface area contributed by atoms with Gasteiger partial charge in [0.1, 0.15) is 16.1 Å². The van der Waals surface area contributed by atoms with E-state index in [0.29, 0.717) is 33.2 Å². The molecule has 0 aromatic heterocycles. The summed E-state index contributed by atoms with van der Waals surface area (Å²) in [4.78, 5) is 0. The molecule has 0 N–H and O–H groups in total. The standard InChI is InChI=1S/C34H52Si2/c1-23(2)35(24(3)4,25(5)6)21-19-31-15-17-34-30(14)32(16-18-33(34)29(31)13)20-22-36(26(7)8,27(9)10)28(11)12/h15-18,23-28H,1-14H3. The van der Waals surface area contributed by atoms with E-state index in [-0.39, 0.29) is 0 Å². The maximum atomic E-state index is 3.92. The van der Waals surface area contributed by atoms with Gasteiger partial charge in [-0.1, -0.05) is 107 Å². The van der Waals surface area contributed by atoms with Crippen LogP contribution in [0, 0.1) is 36.8 Å². The van der Waals surface area contributed by atoms with Crippen LogP contribution in [0.25, 0.3) is 10.8 Å². The Labute approximate surface area is 226 Å². The lowest BCUT2D eigenvalue weighted by Gasteiger charge is -2.38. The van der Waals surface area contributed by atoms with Gasteiger partial charge in [-0.05, 0) is 81.1 Å². The Morgan fingerprint density at radius 2 is 0.694 bits per heavy atom. The molecule has 0 fully saturated rings. The Balaban J connectivity index is 2.65. The molecule has 36 heavy (non-hydrogen) atoms. The highest BCUT2D eigenvalue weighted by Crippen LogP contribution is 2.42. The molecule has 0 bridgehead atoms. The van der Waals surface area contributed by atoms with Crippen molar-refractivity contribution in [3.8, 4) is 22.9 Å². The van der Waals surface area contributed by atoms with E-state index in [4.69, 9.17) is 0 Å². The van der Waals surface area contributed by atoms with E-state index >= 15 is 0 Å². The molecule has 0 aliphatic carbocycles. The van der Waals surface area contributed by atoms with Crippen LogP contribution in [0.2, 0.25) is 33.2 Å². The van der Waals surface area contributed by atoms with Crippen molar-refractivity contribution in [3.63, 3.8) is 0 Å². The molecule has 0 saturated carbocycles. The largest absolute Gasteiger partial charge is 0.146 e. The summed E-state index contributed by atoms with van der Waals surface area (Å²) in [6.07, 6.45) is 0. The van der Waals surface area contributed by atoms with Gasteiger partial charge in [0.2, 0.25) is 0 Å². The van der Waals surface area contributed by atoms with Crippen LogP contribution in [0.15, 0.2) is 24.3 Å². The fraction of sp³-hybridized carbons (Fsp3) is 0.588. The first-order valence-electron chi connectivity index (χ1n) is 14.2. The van der Waals surface area contributed by atoms with Crippen molar-refractivity contribution in [1.29, 1.82) is 0 Å². The minimum absolute atomic E-state index is 0.646. The minimum Gasteiger partial charge on any atom is -0.125 e. The van der Waals surface area contributed by atoms with Gasteiger partial charge in [0.05, 0.1) is 0 Å². The summed E-state index contributed by atoms with van der Waals surface area (Å²) in [5.41, 5.74) is 16.7. The average Bonchev–Trinajstić information content (AvgIpc) is 2.76. The number of benzene rings is 2. The van der Waals surface area contributed by atoms with Gasteiger partial charge >= 0.3 is 0 Å². The molecule has 0 unspecified atom stereocenters. The van der Waals surface area contributed by atoms with Crippen molar-refractivity contribution in [3.05, 3.63) is 46.5 Å². The van der Waals surface area contributed by atoms with E-state index in [9.17, 15) is 0 Å². The van der Waals surface area contributed by atoms with Crippen LogP contribution in [0.4, 0.5) is 0 Å². The Bertz CT molecular complexity index is 1050. The van der Waals surface area contributed by atoms with Gasteiger partial charge in [-0.2, -0.15) is 0 Å². The molecule has 0 saturated heterocycles. The maximum absolute atomic E-state index is 3.92. The van der Waals surface area contributed by atoms with Gasteiger partial charge < -0.3 is 0 Å². The first-order chi connectivity index (χ1) is 16.6. The molecule has 0 atom stereocenters. The lowest BCUT2D eigenvalue weighted by molar-refractivity contribution is 0.838. The van der Waals surface area contributed by atoms with E-state index in [0.717, 1.165) is 0 Å². The predicted molar refractivity (Wildman–Crippen MR) is 169 cm³/mol. The summed E-state index contributed by atoms with van der Waals surface area (Å²) in [5.74, 6) is 7.39. The molecule has 0 spiro atoms. The second-order valence-electron chi connectivity index (χ2n) is 12.9. The lowest BCUT2D eigenvalue weighted by Crippen LogP contribution is -2.43. The molecule has 2 aromatic rings. The van der Waals surface area contributed by atoms with E-state index in [2.05, 4.69) is 144 Å². The van der Waals surface area contributed by atoms with Crippen LogP contribution < -0.4 is 0 Å². The van der Waals surface area contributed by atoms with Crippen molar-refractivity contribution in [2.45, 2.75) is 130 Å². The molecular weight excluding hydrogens is 465 g/mol. The molecule has 0 nitrogen and oxygen atoms in total. The smallest absolute Gasteiger partial charge is 0.125 e. The molecule has 0 aliphatic heterocycles. The molecule has 2 aromatic carbocycles. The van der Waals surface area contributed by atoms with E-state index in [1.807, 2.05) is 0 Å². The van der Waals surface area contributed by atoms with Gasteiger partial charge in [0.15, 0.2) is 0 Å². The summed E-state index contributed by atoms with van der Waals surface area (Å²) >= 11 is 0. The van der Waals surface area contributed by atoms with Crippen molar-refractivity contribution in [2.24, 2.45) is 0 Å². The van der Waals surface area contributed by atoms with Crippen LogP contribution in [0.5, 0.6) is 0 Å². The number of hydrogen-bond donors (Lipinski definition) is 0. The van der Waals surface area contributed by atoms with E-state index in [1.54, 1.807) is 0 Å². The summed E-state index contributed by atoms with van der Waals surface area (Å²) in [6, 6.07) is 9.08. The van der Waals surface area contributed by atoms with Crippen molar-refractivity contribution in [2.75, 3.05) is 0 Å². The van der Waals surface area contributed by atoms with Crippen molar-refractivity contribution >= 4 is 26.9 Å². The number of hydrogen-bond acceptors (Lipinski definition) is 0. The fourth-order valence-corrected chi connectivity index (χ4v) is 17.6. The summed E-state index contributed by atoms with van der Waals surface area (Å²) in [7, 11) is -3.51. The third-order valence-electron chi connectivity index (χ3n) is 9.30. The Morgan fingerprint density at radius 1 is 0.444 bits per heavy atom. The van der Waals surface area contributed by atoms with Crippen molar-refractivity contribution in [1.82, 2.24) is 0 Å². The van der Waals surface area contributed by atoms with Gasteiger partial charge in [0.25, 0.3) is 0 Å². The lowest BCUT2D eigenvalue weighted by atomic mass is 9.95. The Morgan fingerprint density at radius 3 is 0.917 bits per heavy atom. The zero-order valence-corrected chi connectivity index (χ0v) is 27.8. The molecule has 2 heteroatoms. The van der Waals surface area contributed by atoms with Crippen LogP contribution in [-0.4, -0.2) is 16.1 Å². The number of fused-ring (bicyclic) bond motifs is 1. The summed E-state index contributed by atoms with van der Waals surface area (Å²) in [5, 5.41) is 2.63. The molecular formula is C34H52Si2. The second-order valence-corrected chi connectivity index (χ2v) is 24.0.